The molecule has 2 aromatic rings. The van der Waals surface area contributed by atoms with Gasteiger partial charge in [0.1, 0.15) is 11.5 Å². The van der Waals surface area contributed by atoms with Crippen LogP contribution in [0, 0.1) is 0 Å². The Bertz CT molecular complexity index is 852. The second-order valence-electron chi connectivity index (χ2n) is 5.82. The maximum Gasteiger partial charge on any atom is 0.225 e. The molecule has 0 saturated heterocycles. The summed E-state index contributed by atoms with van der Waals surface area (Å²) in [6.45, 7) is 0. The molecule has 0 unspecified atom stereocenters. The summed E-state index contributed by atoms with van der Waals surface area (Å²) in [4.78, 5) is 12.3. The summed E-state index contributed by atoms with van der Waals surface area (Å²) in [6, 6.07) is 7.35. The van der Waals surface area contributed by atoms with Crippen LogP contribution in [0.25, 0.3) is 0 Å². The Hall–Kier alpha value is -2.41. The minimum atomic E-state index is -0.200. The van der Waals surface area contributed by atoms with Gasteiger partial charge in [0, 0.05) is 34.5 Å². The molecule has 1 heterocycles. The zero-order valence-corrected chi connectivity index (χ0v) is 16.6. The van der Waals surface area contributed by atoms with E-state index in [1.165, 1.54) is 0 Å². The van der Waals surface area contributed by atoms with Crippen molar-refractivity contribution in [3.63, 3.8) is 0 Å². The molecular weight excluding hydrogens is 402 g/mol. The summed E-state index contributed by atoms with van der Waals surface area (Å²) in [5.41, 5.74) is 2.51. The van der Waals surface area contributed by atoms with Crippen LogP contribution in [0.2, 0.25) is 0 Å². The van der Waals surface area contributed by atoms with E-state index in [1.807, 2.05) is 18.2 Å². The molecule has 0 spiro atoms. The first-order valence-electron chi connectivity index (χ1n) is 7.99. The first-order chi connectivity index (χ1) is 12.5. The van der Waals surface area contributed by atoms with Crippen LogP contribution in [-0.4, -0.2) is 34.3 Å². The number of fused-ring (bicyclic) bond motifs is 1. The van der Waals surface area contributed by atoms with Crippen molar-refractivity contribution in [3.05, 3.63) is 39.9 Å². The lowest BCUT2D eigenvalue weighted by atomic mass is 9.84. The fourth-order valence-electron chi connectivity index (χ4n) is 3.24. The summed E-state index contributed by atoms with van der Waals surface area (Å²) >= 11 is 3.60. The second-order valence-corrected chi connectivity index (χ2v) is 6.68. The van der Waals surface area contributed by atoms with Crippen molar-refractivity contribution in [1.82, 2.24) is 0 Å². The molecule has 7 heteroatoms. The molecule has 0 bridgehead atoms. The van der Waals surface area contributed by atoms with Crippen molar-refractivity contribution in [2.24, 2.45) is 0 Å². The summed E-state index contributed by atoms with van der Waals surface area (Å²) in [5.74, 6) is 2.23. The summed E-state index contributed by atoms with van der Waals surface area (Å²) < 4.78 is 22.5. The van der Waals surface area contributed by atoms with Crippen LogP contribution in [0.3, 0.4) is 0 Å². The molecule has 0 saturated carbocycles. The van der Waals surface area contributed by atoms with Gasteiger partial charge in [0.15, 0.2) is 11.5 Å². The molecule has 0 aromatic heterocycles. The van der Waals surface area contributed by atoms with Crippen molar-refractivity contribution < 1.29 is 23.7 Å². The van der Waals surface area contributed by atoms with Gasteiger partial charge in [-0.3, -0.25) is 4.79 Å². The molecule has 26 heavy (non-hydrogen) atoms. The average molecular weight is 422 g/mol. The van der Waals surface area contributed by atoms with Crippen molar-refractivity contribution in [2.75, 3.05) is 33.8 Å². The van der Waals surface area contributed by atoms with Crippen LogP contribution in [-0.2, 0) is 4.79 Å². The number of nitrogens with one attached hydrogen (secondary N) is 1. The molecule has 0 fully saturated rings. The van der Waals surface area contributed by atoms with Crippen LogP contribution in [0.4, 0.5) is 5.69 Å². The SMILES string of the molecule is COc1cc2c(c(OC)c1)[C@@H](c1cc(OC)c(OC)cc1Br)CC(=O)N2. The van der Waals surface area contributed by atoms with Gasteiger partial charge in [-0.1, -0.05) is 15.9 Å². The number of halogens is 1. The third-order valence-corrected chi connectivity index (χ3v) is 5.15. The highest BCUT2D eigenvalue weighted by Crippen LogP contribution is 2.48. The summed E-state index contributed by atoms with van der Waals surface area (Å²) in [6.07, 6.45) is 0.295. The van der Waals surface area contributed by atoms with Crippen molar-refractivity contribution in [2.45, 2.75) is 12.3 Å². The molecular formula is C19H20BrNO5. The van der Waals surface area contributed by atoms with Crippen LogP contribution in [0.5, 0.6) is 23.0 Å². The third-order valence-electron chi connectivity index (χ3n) is 4.46. The molecule has 6 nitrogen and oxygen atoms in total. The monoisotopic (exact) mass is 421 g/mol. The van der Waals surface area contributed by atoms with Crippen LogP contribution >= 0.6 is 15.9 Å². The van der Waals surface area contributed by atoms with Crippen molar-refractivity contribution >= 4 is 27.5 Å². The number of hydrogen-bond acceptors (Lipinski definition) is 5. The first-order valence-corrected chi connectivity index (χ1v) is 8.78. The Kier molecular flexibility index (Phi) is 5.27. The normalized spacial score (nSPS) is 15.7. The molecule has 1 aliphatic rings. The zero-order valence-electron chi connectivity index (χ0n) is 15.0. The number of ether oxygens (including phenoxy) is 4. The Morgan fingerprint density at radius 1 is 0.923 bits per heavy atom. The highest BCUT2D eigenvalue weighted by atomic mass is 79.9. The zero-order chi connectivity index (χ0) is 18.8. The van der Waals surface area contributed by atoms with Gasteiger partial charge in [0.2, 0.25) is 5.91 Å². The smallest absolute Gasteiger partial charge is 0.225 e. The number of anilines is 1. The number of benzene rings is 2. The Balaban J connectivity index is 2.21. The predicted molar refractivity (Wildman–Crippen MR) is 102 cm³/mol. The van der Waals surface area contributed by atoms with Gasteiger partial charge >= 0.3 is 0 Å². The van der Waals surface area contributed by atoms with E-state index < -0.39 is 0 Å². The number of carbonyl (C=O) groups is 1. The molecule has 138 valence electrons. The fraction of sp³-hybridized carbons (Fsp3) is 0.316. The van der Waals surface area contributed by atoms with Gasteiger partial charge in [-0.15, -0.1) is 0 Å². The minimum Gasteiger partial charge on any atom is -0.497 e. The Morgan fingerprint density at radius 2 is 1.58 bits per heavy atom. The molecule has 2 aromatic carbocycles. The highest BCUT2D eigenvalue weighted by Gasteiger charge is 2.32. The van der Waals surface area contributed by atoms with E-state index in [4.69, 9.17) is 18.9 Å². The first kappa shape index (κ1) is 18.4. The van der Waals surface area contributed by atoms with Crippen LogP contribution in [0.15, 0.2) is 28.7 Å². The lowest BCUT2D eigenvalue weighted by Gasteiger charge is -2.29. The fourth-order valence-corrected chi connectivity index (χ4v) is 3.84. The van der Waals surface area contributed by atoms with Gasteiger partial charge in [-0.2, -0.15) is 0 Å². The number of carbonyl (C=O) groups excluding carboxylic acids is 1. The topological polar surface area (TPSA) is 66.0 Å². The van der Waals surface area contributed by atoms with Gasteiger partial charge in [0.25, 0.3) is 0 Å². The van der Waals surface area contributed by atoms with E-state index >= 15 is 0 Å². The Labute approximate surface area is 160 Å². The molecule has 1 aliphatic heterocycles. The lowest BCUT2D eigenvalue weighted by Crippen LogP contribution is -2.24. The van der Waals surface area contributed by atoms with E-state index in [2.05, 4.69) is 21.2 Å². The Morgan fingerprint density at radius 3 is 2.19 bits per heavy atom. The van der Waals surface area contributed by atoms with E-state index in [0.717, 1.165) is 15.6 Å². The molecule has 0 radical (unpaired) electrons. The number of hydrogen-bond donors (Lipinski definition) is 1. The van der Waals surface area contributed by atoms with Crippen LogP contribution < -0.4 is 24.3 Å². The quantitative estimate of drug-likeness (QED) is 0.791. The largest absolute Gasteiger partial charge is 0.497 e. The molecule has 1 amide bonds. The predicted octanol–water partition coefficient (Wildman–Crippen LogP) is 3.96. The van der Waals surface area contributed by atoms with Crippen molar-refractivity contribution in [1.29, 1.82) is 0 Å². The van der Waals surface area contributed by atoms with E-state index in [9.17, 15) is 4.79 Å². The van der Waals surface area contributed by atoms with E-state index in [1.54, 1.807) is 34.5 Å². The van der Waals surface area contributed by atoms with Gasteiger partial charge in [-0.25, -0.2) is 0 Å². The molecule has 1 N–H and O–H groups in total. The lowest BCUT2D eigenvalue weighted by molar-refractivity contribution is -0.116. The molecule has 1 atom stereocenters. The van der Waals surface area contributed by atoms with E-state index in [-0.39, 0.29) is 11.8 Å². The number of amides is 1. The number of rotatable bonds is 5. The van der Waals surface area contributed by atoms with E-state index in [0.29, 0.717) is 35.1 Å². The van der Waals surface area contributed by atoms with Crippen molar-refractivity contribution in [3.8, 4) is 23.0 Å². The van der Waals surface area contributed by atoms with Gasteiger partial charge in [0.05, 0.1) is 34.1 Å². The second kappa shape index (κ2) is 7.45. The maximum absolute atomic E-state index is 12.3. The van der Waals surface area contributed by atoms with Crippen LogP contribution in [0.1, 0.15) is 23.5 Å². The standard InChI is InChI=1S/C19H20BrNO5/c1-23-10-5-14-19(17(6-10)26-4)12(8-18(22)21-14)11-7-15(24-2)16(25-3)9-13(11)20/h5-7,9,12H,8H2,1-4H3,(H,21,22)/t12-/m1/s1. The highest BCUT2D eigenvalue weighted by molar-refractivity contribution is 9.10. The minimum absolute atomic E-state index is 0.0699. The molecule has 3 rings (SSSR count). The van der Waals surface area contributed by atoms with Gasteiger partial charge in [-0.05, 0) is 17.7 Å². The summed E-state index contributed by atoms with van der Waals surface area (Å²) in [5, 5.41) is 2.91. The van der Waals surface area contributed by atoms with Gasteiger partial charge < -0.3 is 24.3 Å². The number of methoxy groups -OCH3 is 4. The maximum atomic E-state index is 12.3. The summed E-state index contributed by atoms with van der Waals surface area (Å²) in [7, 11) is 6.35. The average Bonchev–Trinajstić information content (AvgIpc) is 2.65. The third kappa shape index (κ3) is 3.19. The molecule has 0 aliphatic carbocycles.